The molecular weight excluding hydrogens is 394 g/mol. The lowest BCUT2D eigenvalue weighted by Gasteiger charge is -2.37. The van der Waals surface area contributed by atoms with Gasteiger partial charge in [0.1, 0.15) is 0 Å². The fraction of sp³-hybridized carbons (Fsp3) is 0.450. The Morgan fingerprint density at radius 3 is 2.69 bits per heavy atom. The number of nitrogens with zero attached hydrogens (tertiary/aromatic N) is 5. The van der Waals surface area contributed by atoms with Crippen molar-refractivity contribution in [1.82, 2.24) is 19.4 Å². The highest BCUT2D eigenvalue weighted by Crippen LogP contribution is 2.44. The smallest absolute Gasteiger partial charge is 0.410 e. The van der Waals surface area contributed by atoms with E-state index in [-0.39, 0.29) is 12.2 Å². The highest BCUT2D eigenvalue weighted by molar-refractivity contribution is 6.54. The van der Waals surface area contributed by atoms with Gasteiger partial charge in [0.15, 0.2) is 6.10 Å². The van der Waals surface area contributed by atoms with Gasteiger partial charge >= 0.3 is 6.09 Å². The van der Waals surface area contributed by atoms with E-state index in [1.165, 1.54) is 0 Å². The molecule has 0 bridgehead atoms. The Balaban J connectivity index is 1.33. The van der Waals surface area contributed by atoms with Crippen LogP contribution in [0.1, 0.15) is 17.0 Å². The maximum atomic E-state index is 12.3. The van der Waals surface area contributed by atoms with Gasteiger partial charge in [-0.25, -0.2) is 9.78 Å². The highest BCUT2D eigenvalue weighted by Gasteiger charge is 2.31. The van der Waals surface area contributed by atoms with Gasteiger partial charge in [-0.3, -0.25) is 4.98 Å². The summed E-state index contributed by atoms with van der Waals surface area (Å²) in [5.41, 5.74) is 4.91. The van der Waals surface area contributed by atoms with Crippen LogP contribution in [-0.4, -0.2) is 71.0 Å². The lowest BCUT2D eigenvalue weighted by atomic mass is 10.1. The second-order valence-corrected chi connectivity index (χ2v) is 7.94. The average Bonchev–Trinajstić information content (AvgIpc) is 3.28. The summed E-state index contributed by atoms with van der Waals surface area (Å²) in [6, 6.07) is 2.00. The van der Waals surface area contributed by atoms with Gasteiger partial charge in [0.05, 0.1) is 36.0 Å². The van der Waals surface area contributed by atoms with E-state index in [2.05, 4.69) is 14.9 Å². The van der Waals surface area contributed by atoms with Gasteiger partial charge in [-0.1, -0.05) is 11.6 Å². The number of imidazole rings is 1. The molecule has 4 heterocycles. The van der Waals surface area contributed by atoms with Crippen molar-refractivity contribution >= 4 is 34.0 Å². The number of carbonyl (C=O) groups excluding carboxylic acids is 1. The van der Waals surface area contributed by atoms with Crippen LogP contribution in [-0.2, 0) is 22.9 Å². The molecule has 8 nitrogen and oxygen atoms in total. The number of aromatic nitrogens is 3. The first-order valence-corrected chi connectivity index (χ1v) is 10.1. The molecule has 0 saturated carbocycles. The number of halogens is 1. The Kier molecular flexibility index (Phi) is 4.67. The molecule has 152 valence electrons. The van der Waals surface area contributed by atoms with Gasteiger partial charge < -0.3 is 23.8 Å². The van der Waals surface area contributed by atoms with E-state index in [9.17, 15) is 4.79 Å². The van der Waals surface area contributed by atoms with Crippen LogP contribution in [0.15, 0.2) is 24.8 Å². The van der Waals surface area contributed by atoms with Gasteiger partial charge in [0.2, 0.25) is 0 Å². The quantitative estimate of drug-likeness (QED) is 0.764. The van der Waals surface area contributed by atoms with Crippen LogP contribution in [0.25, 0.3) is 10.6 Å². The fourth-order valence-corrected chi connectivity index (χ4v) is 4.30. The summed E-state index contributed by atoms with van der Waals surface area (Å²) in [6.45, 7) is 3.65. The van der Waals surface area contributed by atoms with Gasteiger partial charge in [-0.05, 0) is 6.07 Å². The monoisotopic (exact) mass is 415 g/mol. The standard InChI is InChI=1S/C20H22ClN5O3/c1-24-9-16(23-12-24)14-8-15-18(19(14)21)17(2-3-22-15)25-4-6-26(7-5-25)20(27)29-13-10-28-11-13/h2-3,9,12-13H,4-8,10-11H2,1H3. The van der Waals surface area contributed by atoms with Crippen molar-refractivity contribution in [3.05, 3.63) is 41.7 Å². The third-order valence-electron chi connectivity index (χ3n) is 5.60. The van der Waals surface area contributed by atoms with Crippen molar-refractivity contribution in [2.45, 2.75) is 12.5 Å². The topological polar surface area (TPSA) is 72.7 Å². The molecule has 0 spiro atoms. The van der Waals surface area contributed by atoms with Crippen LogP contribution in [0.4, 0.5) is 10.5 Å². The predicted molar refractivity (Wildman–Crippen MR) is 109 cm³/mol. The Bertz CT molecular complexity index is 976. The number of aryl methyl sites for hydroxylation is 1. The molecule has 2 fully saturated rings. The average molecular weight is 416 g/mol. The molecule has 3 aliphatic rings. The minimum Gasteiger partial charge on any atom is -0.441 e. The number of amides is 1. The Hall–Kier alpha value is -2.58. The van der Waals surface area contributed by atoms with Gasteiger partial charge in [-0.2, -0.15) is 0 Å². The summed E-state index contributed by atoms with van der Waals surface area (Å²) in [5.74, 6) is 0. The fourth-order valence-electron chi connectivity index (χ4n) is 3.93. The number of rotatable bonds is 3. The first kappa shape index (κ1) is 18.4. The maximum absolute atomic E-state index is 12.3. The molecule has 0 radical (unpaired) electrons. The molecule has 9 heteroatoms. The van der Waals surface area contributed by atoms with Crippen molar-refractivity contribution in [3.8, 4) is 0 Å². The molecule has 0 atom stereocenters. The molecule has 1 aliphatic carbocycles. The second kappa shape index (κ2) is 7.35. The number of hydrogen-bond acceptors (Lipinski definition) is 6. The SMILES string of the molecule is Cn1cnc(C2=C(Cl)c3c(N4CCN(C(=O)OC5COC5)CC4)ccnc3C2)c1. The van der Waals surface area contributed by atoms with Crippen LogP contribution in [0, 0.1) is 0 Å². The molecule has 0 unspecified atom stereocenters. The number of fused-ring (bicyclic) bond motifs is 1. The third kappa shape index (κ3) is 3.36. The van der Waals surface area contributed by atoms with E-state index in [0.717, 1.165) is 41.3 Å². The van der Waals surface area contributed by atoms with Crippen molar-refractivity contribution in [3.63, 3.8) is 0 Å². The number of ether oxygens (including phenoxy) is 2. The van der Waals surface area contributed by atoms with Crippen molar-refractivity contribution in [1.29, 1.82) is 0 Å². The lowest BCUT2D eigenvalue weighted by molar-refractivity contribution is -0.104. The maximum Gasteiger partial charge on any atom is 0.410 e. The molecule has 2 aliphatic heterocycles. The predicted octanol–water partition coefficient (Wildman–Crippen LogP) is 2.14. The highest BCUT2D eigenvalue weighted by atomic mass is 35.5. The zero-order chi connectivity index (χ0) is 20.0. The molecule has 0 aromatic carbocycles. The second-order valence-electron chi connectivity index (χ2n) is 7.56. The molecule has 2 aromatic heterocycles. The van der Waals surface area contributed by atoms with Crippen LogP contribution >= 0.6 is 11.6 Å². The van der Waals surface area contributed by atoms with Crippen molar-refractivity contribution in [2.24, 2.45) is 7.05 Å². The number of piperazine rings is 1. The number of anilines is 1. The summed E-state index contributed by atoms with van der Waals surface area (Å²) < 4.78 is 12.4. The number of carbonyl (C=O) groups is 1. The molecule has 2 aromatic rings. The zero-order valence-electron chi connectivity index (χ0n) is 16.2. The molecule has 1 amide bonds. The number of hydrogen-bond donors (Lipinski definition) is 0. The van der Waals surface area contributed by atoms with Crippen LogP contribution in [0.3, 0.4) is 0 Å². The number of pyridine rings is 1. The van der Waals surface area contributed by atoms with E-state index in [0.29, 0.717) is 37.8 Å². The summed E-state index contributed by atoms with van der Waals surface area (Å²) >= 11 is 6.80. The zero-order valence-corrected chi connectivity index (χ0v) is 16.9. The molecule has 29 heavy (non-hydrogen) atoms. The van der Waals surface area contributed by atoms with Crippen molar-refractivity contribution in [2.75, 3.05) is 44.3 Å². The van der Waals surface area contributed by atoms with Gasteiger partial charge in [-0.15, -0.1) is 0 Å². The first-order valence-electron chi connectivity index (χ1n) is 9.73. The van der Waals surface area contributed by atoms with E-state index in [1.54, 1.807) is 11.2 Å². The normalized spacial score (nSPS) is 19.4. The molecule has 2 saturated heterocycles. The summed E-state index contributed by atoms with van der Waals surface area (Å²) in [7, 11) is 1.94. The minimum atomic E-state index is -0.256. The van der Waals surface area contributed by atoms with Crippen LogP contribution in [0.2, 0.25) is 0 Å². The Labute approximate surface area is 173 Å². The third-order valence-corrected chi connectivity index (χ3v) is 6.02. The Morgan fingerprint density at radius 1 is 1.24 bits per heavy atom. The number of allylic oxidation sites excluding steroid dienone is 1. The van der Waals surface area contributed by atoms with E-state index < -0.39 is 0 Å². The molecular formula is C20H22ClN5O3. The Morgan fingerprint density at radius 2 is 2.03 bits per heavy atom. The summed E-state index contributed by atoms with van der Waals surface area (Å²) in [5, 5.41) is 0.716. The minimum absolute atomic E-state index is 0.0991. The van der Waals surface area contributed by atoms with E-state index in [4.69, 9.17) is 21.1 Å². The van der Waals surface area contributed by atoms with E-state index in [1.807, 2.05) is 30.1 Å². The largest absolute Gasteiger partial charge is 0.441 e. The molecule has 5 rings (SSSR count). The van der Waals surface area contributed by atoms with Crippen LogP contribution < -0.4 is 4.90 Å². The first-order chi connectivity index (χ1) is 14.1. The molecule has 0 N–H and O–H groups in total. The van der Waals surface area contributed by atoms with Crippen LogP contribution in [0.5, 0.6) is 0 Å². The summed E-state index contributed by atoms with van der Waals surface area (Å²) in [6.07, 6.45) is 5.90. The van der Waals surface area contributed by atoms with Crippen molar-refractivity contribution < 1.29 is 14.3 Å². The van der Waals surface area contributed by atoms with Gasteiger partial charge in [0, 0.05) is 68.9 Å². The summed E-state index contributed by atoms with van der Waals surface area (Å²) in [4.78, 5) is 25.3. The van der Waals surface area contributed by atoms with E-state index >= 15 is 0 Å². The lowest BCUT2D eigenvalue weighted by Crippen LogP contribution is -2.51. The van der Waals surface area contributed by atoms with Gasteiger partial charge in [0.25, 0.3) is 0 Å².